The minimum atomic E-state index is -0.145. The van der Waals surface area contributed by atoms with E-state index < -0.39 is 0 Å². The molecule has 0 bridgehead atoms. The van der Waals surface area contributed by atoms with Gasteiger partial charge in [-0.1, -0.05) is 30.5 Å². The van der Waals surface area contributed by atoms with Crippen LogP contribution in [0.3, 0.4) is 0 Å². The summed E-state index contributed by atoms with van der Waals surface area (Å²) in [6.45, 7) is 4.14. The summed E-state index contributed by atoms with van der Waals surface area (Å²) >= 11 is 0. The summed E-state index contributed by atoms with van der Waals surface area (Å²) < 4.78 is 5.70. The second-order valence-corrected chi connectivity index (χ2v) is 7.51. The maximum atomic E-state index is 12.1. The van der Waals surface area contributed by atoms with Crippen LogP contribution in [-0.2, 0) is 0 Å². The molecule has 5 nitrogen and oxygen atoms in total. The highest BCUT2D eigenvalue weighted by molar-refractivity contribution is 5.89. The van der Waals surface area contributed by atoms with Gasteiger partial charge in [0, 0.05) is 22.9 Å². The molecule has 1 aliphatic rings. The summed E-state index contributed by atoms with van der Waals surface area (Å²) in [5, 5.41) is 5.92. The first kappa shape index (κ1) is 18.3. The molecule has 144 valence electrons. The van der Waals surface area contributed by atoms with Crippen LogP contribution in [0, 0.1) is 13.8 Å². The van der Waals surface area contributed by atoms with Crippen molar-refractivity contribution in [2.45, 2.75) is 45.6 Å². The smallest absolute Gasteiger partial charge is 0.319 e. The number of anilines is 1. The van der Waals surface area contributed by atoms with E-state index in [1.807, 2.05) is 24.3 Å². The highest BCUT2D eigenvalue weighted by Crippen LogP contribution is 2.28. The second-order valence-electron chi connectivity index (χ2n) is 7.51. The lowest BCUT2D eigenvalue weighted by Crippen LogP contribution is -2.36. The van der Waals surface area contributed by atoms with Gasteiger partial charge in [-0.15, -0.1) is 0 Å². The molecule has 0 saturated heterocycles. The van der Waals surface area contributed by atoms with Crippen molar-refractivity contribution < 1.29 is 9.21 Å². The van der Waals surface area contributed by atoms with Crippen molar-refractivity contribution in [1.82, 2.24) is 10.3 Å². The number of carbonyl (C=O) groups excluding carboxylic acids is 1. The Bertz CT molecular complexity index is 970. The minimum Gasteiger partial charge on any atom is -0.444 e. The molecule has 0 unspecified atom stereocenters. The van der Waals surface area contributed by atoms with E-state index in [1.54, 1.807) is 6.26 Å². The van der Waals surface area contributed by atoms with Crippen molar-refractivity contribution in [1.29, 1.82) is 0 Å². The predicted octanol–water partition coefficient (Wildman–Crippen LogP) is 5.69. The van der Waals surface area contributed by atoms with Gasteiger partial charge in [-0.3, -0.25) is 0 Å². The van der Waals surface area contributed by atoms with Gasteiger partial charge in [0.2, 0.25) is 5.89 Å². The van der Waals surface area contributed by atoms with E-state index in [1.165, 1.54) is 24.0 Å². The molecule has 2 N–H and O–H groups in total. The van der Waals surface area contributed by atoms with E-state index in [-0.39, 0.29) is 6.03 Å². The number of carbonyl (C=O) groups is 1. The molecule has 1 aliphatic carbocycles. The zero-order valence-corrected chi connectivity index (χ0v) is 16.3. The summed E-state index contributed by atoms with van der Waals surface area (Å²) in [5.41, 5.74) is 5.89. The van der Waals surface area contributed by atoms with Gasteiger partial charge >= 0.3 is 6.03 Å². The molecule has 0 spiro atoms. The number of aryl methyl sites for hydroxylation is 2. The first-order chi connectivity index (χ1) is 13.6. The van der Waals surface area contributed by atoms with Gasteiger partial charge in [-0.25, -0.2) is 9.78 Å². The quantitative estimate of drug-likeness (QED) is 0.615. The number of benzene rings is 2. The Hall–Kier alpha value is -3.08. The van der Waals surface area contributed by atoms with Gasteiger partial charge in [0.05, 0.1) is 0 Å². The number of hydrogen-bond donors (Lipinski definition) is 2. The van der Waals surface area contributed by atoms with Crippen LogP contribution in [-0.4, -0.2) is 17.1 Å². The molecular weight excluding hydrogens is 350 g/mol. The number of nitrogens with one attached hydrogen (secondary N) is 2. The van der Waals surface area contributed by atoms with Crippen molar-refractivity contribution in [2.24, 2.45) is 0 Å². The second kappa shape index (κ2) is 7.89. The molecule has 1 aromatic heterocycles. The highest BCUT2D eigenvalue weighted by atomic mass is 16.3. The summed E-state index contributed by atoms with van der Waals surface area (Å²) in [6.07, 6.45) is 6.22. The Kier molecular flexibility index (Phi) is 5.15. The molecule has 0 radical (unpaired) electrons. The van der Waals surface area contributed by atoms with Crippen molar-refractivity contribution >= 4 is 11.7 Å². The van der Waals surface area contributed by atoms with E-state index in [0.29, 0.717) is 11.9 Å². The van der Waals surface area contributed by atoms with Gasteiger partial charge < -0.3 is 15.1 Å². The molecule has 0 aliphatic heterocycles. The van der Waals surface area contributed by atoms with E-state index in [4.69, 9.17) is 4.42 Å². The molecule has 3 aromatic rings. The highest BCUT2D eigenvalue weighted by Gasteiger charge is 2.17. The Balaban J connectivity index is 1.45. The van der Waals surface area contributed by atoms with Gasteiger partial charge in [0.15, 0.2) is 0 Å². The standard InChI is InChI=1S/C23H25N3O2/c1-15-7-8-16(2)20(13-15)21-14-28-22(26-21)17-9-11-19(12-10-17)25-23(27)24-18-5-3-4-6-18/h7-14,18H,3-6H2,1-2H3,(H2,24,25,27). The molecular formula is C23H25N3O2. The maximum Gasteiger partial charge on any atom is 0.319 e. The molecule has 2 aromatic carbocycles. The third-order valence-corrected chi connectivity index (χ3v) is 5.25. The maximum absolute atomic E-state index is 12.1. The van der Waals surface area contributed by atoms with Crippen molar-refractivity contribution in [3.8, 4) is 22.7 Å². The molecule has 0 atom stereocenters. The molecule has 28 heavy (non-hydrogen) atoms. The minimum absolute atomic E-state index is 0.145. The van der Waals surface area contributed by atoms with E-state index in [2.05, 4.69) is 47.7 Å². The Morgan fingerprint density at radius 3 is 2.57 bits per heavy atom. The van der Waals surface area contributed by atoms with Crippen LogP contribution in [0.4, 0.5) is 10.5 Å². The average Bonchev–Trinajstić information content (AvgIpc) is 3.36. The fourth-order valence-corrected chi connectivity index (χ4v) is 3.66. The molecule has 2 amide bonds. The van der Waals surface area contributed by atoms with Crippen molar-refractivity contribution in [3.05, 3.63) is 59.9 Å². The number of urea groups is 1. The SMILES string of the molecule is Cc1ccc(C)c(-c2coc(-c3ccc(NC(=O)NC4CCCC4)cc3)n2)c1. The lowest BCUT2D eigenvalue weighted by Gasteiger charge is -2.13. The third kappa shape index (κ3) is 4.09. The third-order valence-electron chi connectivity index (χ3n) is 5.25. The topological polar surface area (TPSA) is 67.2 Å². The zero-order valence-electron chi connectivity index (χ0n) is 16.3. The molecule has 1 heterocycles. The molecule has 1 fully saturated rings. The number of hydrogen-bond acceptors (Lipinski definition) is 3. The largest absolute Gasteiger partial charge is 0.444 e. The summed E-state index contributed by atoms with van der Waals surface area (Å²) in [7, 11) is 0. The van der Waals surface area contributed by atoms with Crippen LogP contribution in [0.25, 0.3) is 22.7 Å². The predicted molar refractivity (Wildman–Crippen MR) is 111 cm³/mol. The summed E-state index contributed by atoms with van der Waals surface area (Å²) in [4.78, 5) is 16.7. The number of amides is 2. The van der Waals surface area contributed by atoms with Crippen LogP contribution in [0.5, 0.6) is 0 Å². The first-order valence-corrected chi connectivity index (χ1v) is 9.79. The number of nitrogens with zero attached hydrogens (tertiary/aromatic N) is 1. The molecule has 5 heteroatoms. The van der Waals surface area contributed by atoms with Gasteiger partial charge in [-0.2, -0.15) is 0 Å². The van der Waals surface area contributed by atoms with E-state index in [0.717, 1.165) is 35.3 Å². The van der Waals surface area contributed by atoms with Crippen molar-refractivity contribution in [3.63, 3.8) is 0 Å². The lowest BCUT2D eigenvalue weighted by atomic mass is 10.0. The summed E-state index contributed by atoms with van der Waals surface area (Å²) in [6, 6.07) is 14.0. The fourth-order valence-electron chi connectivity index (χ4n) is 3.66. The first-order valence-electron chi connectivity index (χ1n) is 9.79. The van der Waals surface area contributed by atoms with Gasteiger partial charge in [-0.05, 0) is 62.6 Å². The van der Waals surface area contributed by atoms with Crippen LogP contribution in [0.15, 0.2) is 53.1 Å². The van der Waals surface area contributed by atoms with Crippen LogP contribution in [0.1, 0.15) is 36.8 Å². The lowest BCUT2D eigenvalue weighted by molar-refractivity contribution is 0.248. The van der Waals surface area contributed by atoms with E-state index in [9.17, 15) is 4.79 Å². The van der Waals surface area contributed by atoms with Gasteiger partial charge in [0.25, 0.3) is 0 Å². The normalized spacial score (nSPS) is 14.2. The van der Waals surface area contributed by atoms with Crippen LogP contribution >= 0.6 is 0 Å². The number of rotatable bonds is 4. The van der Waals surface area contributed by atoms with Crippen LogP contribution < -0.4 is 10.6 Å². The number of aromatic nitrogens is 1. The number of oxazole rings is 1. The Morgan fingerprint density at radius 1 is 1.07 bits per heavy atom. The fraction of sp³-hybridized carbons (Fsp3) is 0.304. The monoisotopic (exact) mass is 375 g/mol. The zero-order chi connectivity index (χ0) is 19.5. The van der Waals surface area contributed by atoms with Crippen LogP contribution in [0.2, 0.25) is 0 Å². The van der Waals surface area contributed by atoms with Crippen molar-refractivity contribution in [2.75, 3.05) is 5.32 Å². The van der Waals surface area contributed by atoms with Gasteiger partial charge in [0.1, 0.15) is 12.0 Å². The summed E-state index contributed by atoms with van der Waals surface area (Å²) in [5.74, 6) is 0.567. The Morgan fingerprint density at radius 2 is 1.82 bits per heavy atom. The molecule has 4 rings (SSSR count). The van der Waals surface area contributed by atoms with E-state index >= 15 is 0 Å². The Labute approximate surface area is 165 Å². The average molecular weight is 375 g/mol. The molecule has 1 saturated carbocycles.